The van der Waals surface area contributed by atoms with Crippen LogP contribution in [0.5, 0.6) is 0 Å². The molecular formula is C14H18N2O3. The van der Waals surface area contributed by atoms with Crippen molar-refractivity contribution in [1.82, 2.24) is 9.80 Å². The van der Waals surface area contributed by atoms with Gasteiger partial charge in [0.1, 0.15) is 0 Å². The Morgan fingerprint density at radius 3 is 2.11 bits per heavy atom. The van der Waals surface area contributed by atoms with Crippen LogP contribution in [0.15, 0.2) is 24.3 Å². The van der Waals surface area contributed by atoms with Crippen molar-refractivity contribution in [2.45, 2.75) is 20.1 Å². The van der Waals surface area contributed by atoms with Crippen LogP contribution in [0.2, 0.25) is 0 Å². The van der Waals surface area contributed by atoms with E-state index in [1.54, 1.807) is 9.80 Å². The number of benzene rings is 1. The summed E-state index contributed by atoms with van der Waals surface area (Å²) in [7, 11) is 0. The van der Waals surface area contributed by atoms with Crippen molar-refractivity contribution >= 4 is 11.8 Å². The SMILES string of the molecule is CCN1CCN(Cc2ccc(CO)cc2)C(=O)C1=O. The average Bonchev–Trinajstić information content (AvgIpc) is 2.45. The van der Waals surface area contributed by atoms with Crippen molar-refractivity contribution in [3.05, 3.63) is 35.4 Å². The predicted molar refractivity (Wildman–Crippen MR) is 70.0 cm³/mol. The summed E-state index contributed by atoms with van der Waals surface area (Å²) in [5.41, 5.74) is 1.80. The van der Waals surface area contributed by atoms with Crippen LogP contribution in [-0.2, 0) is 22.7 Å². The highest BCUT2D eigenvalue weighted by Crippen LogP contribution is 2.11. The van der Waals surface area contributed by atoms with Crippen LogP contribution < -0.4 is 0 Å². The molecule has 102 valence electrons. The van der Waals surface area contributed by atoms with Gasteiger partial charge in [0.15, 0.2) is 0 Å². The molecule has 2 rings (SSSR count). The molecule has 0 radical (unpaired) electrons. The van der Waals surface area contributed by atoms with Crippen molar-refractivity contribution in [2.24, 2.45) is 0 Å². The van der Waals surface area contributed by atoms with Crippen LogP contribution in [0.4, 0.5) is 0 Å². The number of carbonyl (C=O) groups is 2. The van der Waals surface area contributed by atoms with Gasteiger partial charge in [-0.15, -0.1) is 0 Å². The second kappa shape index (κ2) is 5.84. The predicted octanol–water partition coefficient (Wildman–Crippen LogP) is 0.370. The van der Waals surface area contributed by atoms with Crippen LogP contribution in [0.25, 0.3) is 0 Å². The summed E-state index contributed by atoms with van der Waals surface area (Å²) in [6, 6.07) is 7.39. The first-order chi connectivity index (χ1) is 9.15. The number of nitrogens with zero attached hydrogens (tertiary/aromatic N) is 2. The zero-order chi connectivity index (χ0) is 13.8. The summed E-state index contributed by atoms with van der Waals surface area (Å²) >= 11 is 0. The molecule has 0 atom stereocenters. The van der Waals surface area contributed by atoms with Gasteiger partial charge in [0.05, 0.1) is 6.61 Å². The molecule has 0 aliphatic carbocycles. The highest BCUT2D eigenvalue weighted by atomic mass is 16.3. The Morgan fingerprint density at radius 2 is 1.53 bits per heavy atom. The fourth-order valence-electron chi connectivity index (χ4n) is 2.14. The molecule has 1 saturated heterocycles. The van der Waals surface area contributed by atoms with Crippen molar-refractivity contribution in [3.8, 4) is 0 Å². The summed E-state index contributed by atoms with van der Waals surface area (Å²) in [4.78, 5) is 26.8. The minimum atomic E-state index is -0.431. The third kappa shape index (κ3) is 2.93. The molecule has 1 heterocycles. The Morgan fingerprint density at radius 1 is 1.00 bits per heavy atom. The van der Waals surface area contributed by atoms with Crippen LogP contribution >= 0.6 is 0 Å². The summed E-state index contributed by atoms with van der Waals surface area (Å²) in [6.07, 6.45) is 0. The molecule has 5 nitrogen and oxygen atoms in total. The number of rotatable bonds is 4. The average molecular weight is 262 g/mol. The standard InChI is InChI=1S/C14H18N2O3/c1-2-15-7-8-16(14(19)13(15)18)9-11-3-5-12(10-17)6-4-11/h3-6,17H,2,7-10H2,1H3. The maximum absolute atomic E-state index is 11.9. The van der Waals surface area contributed by atoms with Crippen LogP contribution in [-0.4, -0.2) is 46.4 Å². The first-order valence-electron chi connectivity index (χ1n) is 6.42. The maximum Gasteiger partial charge on any atom is 0.312 e. The molecule has 0 saturated carbocycles. The van der Waals surface area contributed by atoms with Crippen molar-refractivity contribution in [1.29, 1.82) is 0 Å². The smallest absolute Gasteiger partial charge is 0.312 e. The van der Waals surface area contributed by atoms with Gasteiger partial charge in [0.2, 0.25) is 0 Å². The summed E-state index contributed by atoms with van der Waals surface area (Å²) in [5.74, 6) is -0.847. The lowest BCUT2D eigenvalue weighted by Crippen LogP contribution is -2.53. The normalized spacial score (nSPS) is 16.1. The Balaban J connectivity index is 2.03. The molecule has 0 bridgehead atoms. The monoisotopic (exact) mass is 262 g/mol. The molecule has 19 heavy (non-hydrogen) atoms. The Bertz CT molecular complexity index is 470. The minimum absolute atomic E-state index is 0.00682. The molecule has 1 aromatic carbocycles. The third-order valence-electron chi connectivity index (χ3n) is 3.36. The highest BCUT2D eigenvalue weighted by Gasteiger charge is 2.31. The zero-order valence-corrected chi connectivity index (χ0v) is 11.0. The van der Waals surface area contributed by atoms with Gasteiger partial charge in [-0.05, 0) is 18.1 Å². The van der Waals surface area contributed by atoms with E-state index in [0.717, 1.165) is 11.1 Å². The fourth-order valence-corrected chi connectivity index (χ4v) is 2.14. The molecule has 1 fully saturated rings. The van der Waals surface area contributed by atoms with Gasteiger partial charge in [-0.3, -0.25) is 9.59 Å². The molecule has 1 aliphatic heterocycles. The van der Waals surface area contributed by atoms with E-state index in [1.165, 1.54) is 0 Å². The topological polar surface area (TPSA) is 60.9 Å². The Labute approximate surface area is 112 Å². The number of hydrogen-bond acceptors (Lipinski definition) is 3. The molecule has 2 amide bonds. The van der Waals surface area contributed by atoms with E-state index >= 15 is 0 Å². The molecule has 1 N–H and O–H groups in total. The van der Waals surface area contributed by atoms with Gasteiger partial charge in [0.25, 0.3) is 0 Å². The van der Waals surface area contributed by atoms with E-state index in [9.17, 15) is 9.59 Å². The number of likely N-dealkylation sites (N-methyl/N-ethyl adjacent to an activating group) is 1. The molecule has 1 aliphatic rings. The van der Waals surface area contributed by atoms with E-state index in [1.807, 2.05) is 31.2 Å². The fraction of sp³-hybridized carbons (Fsp3) is 0.429. The summed E-state index contributed by atoms with van der Waals surface area (Å²) in [5, 5.41) is 8.97. The number of aliphatic hydroxyl groups excluding tert-OH is 1. The van der Waals surface area contributed by atoms with Crippen LogP contribution in [0.3, 0.4) is 0 Å². The third-order valence-corrected chi connectivity index (χ3v) is 3.36. The van der Waals surface area contributed by atoms with Crippen LogP contribution in [0, 0.1) is 0 Å². The Kier molecular flexibility index (Phi) is 4.16. The van der Waals surface area contributed by atoms with Gasteiger partial charge in [0, 0.05) is 26.2 Å². The zero-order valence-electron chi connectivity index (χ0n) is 11.0. The van der Waals surface area contributed by atoms with Crippen LogP contribution in [0.1, 0.15) is 18.1 Å². The van der Waals surface area contributed by atoms with Gasteiger partial charge < -0.3 is 14.9 Å². The molecule has 0 unspecified atom stereocenters. The van der Waals surface area contributed by atoms with E-state index in [4.69, 9.17) is 5.11 Å². The van der Waals surface area contributed by atoms with E-state index in [-0.39, 0.29) is 6.61 Å². The van der Waals surface area contributed by atoms with Gasteiger partial charge in [-0.2, -0.15) is 0 Å². The Hall–Kier alpha value is -1.88. The summed E-state index contributed by atoms with van der Waals surface area (Å²) < 4.78 is 0. The number of aliphatic hydroxyl groups is 1. The lowest BCUT2D eigenvalue weighted by Gasteiger charge is -2.33. The quantitative estimate of drug-likeness (QED) is 0.797. The molecule has 5 heteroatoms. The lowest BCUT2D eigenvalue weighted by atomic mass is 10.1. The molecule has 0 aromatic heterocycles. The van der Waals surface area contributed by atoms with E-state index in [2.05, 4.69) is 0 Å². The second-order valence-electron chi connectivity index (χ2n) is 4.59. The van der Waals surface area contributed by atoms with Crippen molar-refractivity contribution in [3.63, 3.8) is 0 Å². The van der Waals surface area contributed by atoms with E-state index < -0.39 is 11.8 Å². The summed E-state index contributed by atoms with van der Waals surface area (Å²) in [6.45, 7) is 4.05. The number of piperazine rings is 1. The largest absolute Gasteiger partial charge is 0.392 e. The molecule has 0 spiro atoms. The molecule has 1 aromatic rings. The number of hydrogen-bond donors (Lipinski definition) is 1. The first-order valence-corrected chi connectivity index (χ1v) is 6.42. The first kappa shape index (κ1) is 13.5. The number of carbonyl (C=O) groups excluding carboxylic acids is 2. The van der Waals surface area contributed by atoms with Crippen molar-refractivity contribution < 1.29 is 14.7 Å². The second-order valence-corrected chi connectivity index (χ2v) is 4.59. The van der Waals surface area contributed by atoms with Gasteiger partial charge in [-0.1, -0.05) is 24.3 Å². The maximum atomic E-state index is 11.9. The lowest BCUT2D eigenvalue weighted by molar-refractivity contribution is -0.156. The highest BCUT2D eigenvalue weighted by molar-refractivity contribution is 6.35. The van der Waals surface area contributed by atoms with E-state index in [0.29, 0.717) is 26.2 Å². The van der Waals surface area contributed by atoms with Crippen molar-refractivity contribution in [2.75, 3.05) is 19.6 Å². The minimum Gasteiger partial charge on any atom is -0.392 e. The van der Waals surface area contributed by atoms with Gasteiger partial charge >= 0.3 is 11.8 Å². The molecular weight excluding hydrogens is 244 g/mol. The number of amides is 2. The van der Waals surface area contributed by atoms with Gasteiger partial charge in [-0.25, -0.2) is 0 Å².